The lowest BCUT2D eigenvalue weighted by atomic mass is 9.96. The molecule has 2 unspecified atom stereocenters. The molecule has 1 saturated heterocycles. The summed E-state index contributed by atoms with van der Waals surface area (Å²) in [4.78, 5) is 26.3. The number of carboxylic acid groups (broad SMARTS) is 1. The Balaban J connectivity index is 1.71. The van der Waals surface area contributed by atoms with Gasteiger partial charge in [-0.1, -0.05) is 18.0 Å². The van der Waals surface area contributed by atoms with Crippen molar-refractivity contribution in [2.24, 2.45) is 5.73 Å². The molecule has 0 spiro atoms. The number of carboxylic acids is 1. The molecule has 8 nitrogen and oxygen atoms in total. The van der Waals surface area contributed by atoms with Crippen LogP contribution in [-0.2, 0) is 4.79 Å². The second-order valence-corrected chi connectivity index (χ2v) is 8.77. The minimum Gasteiger partial charge on any atom is -0.481 e. The Kier molecular flexibility index (Phi) is 8.30. The number of aliphatic carboxylic acids is 1. The summed E-state index contributed by atoms with van der Waals surface area (Å²) in [5.74, 6) is -1.15. The Morgan fingerprint density at radius 1 is 1.21 bits per heavy atom. The molecule has 2 aromatic carbocycles. The number of amides is 1. The number of nitrogen functional groups attached to an aromatic ring is 1. The van der Waals surface area contributed by atoms with Crippen LogP contribution in [0.5, 0.6) is 0 Å². The first-order valence-electron chi connectivity index (χ1n) is 11.0. The Labute approximate surface area is 198 Å². The number of carbonyl (C=O) groups excluding carboxylic acids is 1. The number of anilines is 2. The fourth-order valence-corrected chi connectivity index (χ4v) is 4.38. The van der Waals surface area contributed by atoms with E-state index >= 15 is 0 Å². The largest absolute Gasteiger partial charge is 0.481 e. The maximum absolute atomic E-state index is 13.0. The maximum atomic E-state index is 13.0. The van der Waals surface area contributed by atoms with Gasteiger partial charge in [0.1, 0.15) is 5.84 Å². The van der Waals surface area contributed by atoms with Crippen molar-refractivity contribution in [2.45, 2.75) is 44.7 Å². The summed E-state index contributed by atoms with van der Waals surface area (Å²) in [7, 11) is 0. The van der Waals surface area contributed by atoms with Crippen LogP contribution >= 0.6 is 11.6 Å². The van der Waals surface area contributed by atoms with Crippen molar-refractivity contribution in [3.63, 3.8) is 0 Å². The van der Waals surface area contributed by atoms with Crippen LogP contribution in [0.25, 0.3) is 0 Å². The molecule has 6 N–H and O–H groups in total. The summed E-state index contributed by atoms with van der Waals surface area (Å²) >= 11 is 6.17. The summed E-state index contributed by atoms with van der Waals surface area (Å²) in [6.07, 6.45) is 3.21. The molecule has 1 aliphatic rings. The first kappa shape index (κ1) is 24.5. The smallest absolute Gasteiger partial charge is 0.304 e. The van der Waals surface area contributed by atoms with Crippen molar-refractivity contribution in [3.8, 4) is 0 Å². The van der Waals surface area contributed by atoms with Crippen LogP contribution in [0.2, 0.25) is 5.02 Å². The fraction of sp³-hybridized carbons (Fsp3) is 0.375. The average Bonchev–Trinajstić information content (AvgIpc) is 2.77. The van der Waals surface area contributed by atoms with Gasteiger partial charge in [-0.05, 0) is 62.2 Å². The van der Waals surface area contributed by atoms with E-state index in [0.717, 1.165) is 19.3 Å². The van der Waals surface area contributed by atoms with Crippen molar-refractivity contribution < 1.29 is 14.7 Å². The molecule has 0 radical (unpaired) electrons. The molecule has 0 aliphatic carbocycles. The highest BCUT2D eigenvalue weighted by Gasteiger charge is 2.28. The highest BCUT2D eigenvalue weighted by atomic mass is 35.5. The van der Waals surface area contributed by atoms with Crippen molar-refractivity contribution in [3.05, 3.63) is 58.6 Å². The molecule has 3 rings (SSSR count). The molecule has 2 aromatic rings. The molecular weight excluding hydrogens is 442 g/mol. The van der Waals surface area contributed by atoms with Crippen LogP contribution in [0.15, 0.2) is 42.5 Å². The molecule has 33 heavy (non-hydrogen) atoms. The number of piperidine rings is 1. The number of benzene rings is 2. The zero-order valence-corrected chi connectivity index (χ0v) is 19.4. The van der Waals surface area contributed by atoms with Crippen LogP contribution < -0.4 is 16.4 Å². The van der Waals surface area contributed by atoms with Gasteiger partial charge in [-0.3, -0.25) is 19.9 Å². The third-order valence-electron chi connectivity index (χ3n) is 5.99. The predicted octanol–water partition coefficient (Wildman–Crippen LogP) is 4.01. The van der Waals surface area contributed by atoms with Gasteiger partial charge in [0, 0.05) is 47.1 Å². The van der Waals surface area contributed by atoms with Crippen LogP contribution in [0.1, 0.15) is 48.5 Å². The van der Waals surface area contributed by atoms with Crippen molar-refractivity contribution in [1.82, 2.24) is 4.90 Å². The molecular formula is C24H30ClN5O3. The Morgan fingerprint density at radius 2 is 1.94 bits per heavy atom. The van der Waals surface area contributed by atoms with E-state index in [1.54, 1.807) is 42.5 Å². The summed E-state index contributed by atoms with van der Waals surface area (Å²) in [5, 5.41) is 23.3. The van der Waals surface area contributed by atoms with E-state index in [1.807, 2.05) is 0 Å². The number of halogens is 1. The summed E-state index contributed by atoms with van der Waals surface area (Å²) < 4.78 is 0. The van der Waals surface area contributed by atoms with E-state index in [1.165, 1.54) is 0 Å². The summed E-state index contributed by atoms with van der Waals surface area (Å²) in [6, 6.07) is 12.4. The van der Waals surface area contributed by atoms with Gasteiger partial charge in [-0.2, -0.15) is 0 Å². The lowest BCUT2D eigenvalue weighted by Crippen LogP contribution is -2.49. The van der Waals surface area contributed by atoms with Crippen LogP contribution in [-0.4, -0.2) is 52.9 Å². The topological polar surface area (TPSA) is 132 Å². The van der Waals surface area contributed by atoms with Gasteiger partial charge < -0.3 is 21.5 Å². The molecule has 1 aliphatic heterocycles. The second-order valence-electron chi connectivity index (χ2n) is 8.33. The third kappa shape index (κ3) is 6.69. The Morgan fingerprint density at radius 3 is 2.61 bits per heavy atom. The zero-order chi connectivity index (χ0) is 24.0. The molecule has 0 aromatic heterocycles. The summed E-state index contributed by atoms with van der Waals surface area (Å²) in [6.45, 7) is 3.23. The van der Waals surface area contributed by atoms with Crippen molar-refractivity contribution >= 4 is 40.7 Å². The Bertz CT molecular complexity index is 1010. The highest BCUT2D eigenvalue weighted by Crippen LogP contribution is 2.26. The first-order valence-corrected chi connectivity index (χ1v) is 11.4. The monoisotopic (exact) mass is 471 g/mol. The van der Waals surface area contributed by atoms with Crippen LogP contribution in [0, 0.1) is 5.41 Å². The van der Waals surface area contributed by atoms with E-state index in [0.29, 0.717) is 46.7 Å². The number of hydrogen-bond donors (Lipinski definition) is 5. The van der Waals surface area contributed by atoms with Crippen LogP contribution in [0.3, 0.4) is 0 Å². The van der Waals surface area contributed by atoms with Crippen molar-refractivity contribution in [2.75, 3.05) is 23.7 Å². The molecule has 0 saturated carbocycles. The number of rotatable bonds is 9. The highest BCUT2D eigenvalue weighted by molar-refractivity contribution is 6.31. The maximum Gasteiger partial charge on any atom is 0.304 e. The number of hydrogen-bond acceptors (Lipinski definition) is 5. The van der Waals surface area contributed by atoms with Gasteiger partial charge in [0.25, 0.3) is 5.91 Å². The first-order chi connectivity index (χ1) is 15.7. The van der Waals surface area contributed by atoms with E-state index < -0.39 is 5.97 Å². The molecule has 9 heteroatoms. The minimum atomic E-state index is -0.799. The van der Waals surface area contributed by atoms with E-state index in [9.17, 15) is 9.59 Å². The van der Waals surface area contributed by atoms with E-state index in [2.05, 4.69) is 22.5 Å². The normalized spacial score (nSPS) is 18.5. The van der Waals surface area contributed by atoms with Gasteiger partial charge in [0.05, 0.1) is 12.0 Å². The van der Waals surface area contributed by atoms with E-state index in [-0.39, 0.29) is 24.2 Å². The molecule has 2 atom stereocenters. The number of nitrogens with one attached hydrogen (secondary N) is 3. The standard InChI is InChI=1S/C24H30ClN5O3/c1-15-3-2-4-19(30(15)12-11-22(31)32)14-28-21-10-7-17(25)13-20(21)24(33)29-18-8-5-16(6-9-18)23(26)27/h5-10,13,15,19,28H,2-4,11-12,14H2,1H3,(H3,26,27)(H,29,33)(H,31,32). The number of nitrogens with two attached hydrogens (primary N) is 1. The van der Waals surface area contributed by atoms with Gasteiger partial charge in [-0.15, -0.1) is 0 Å². The molecule has 0 bridgehead atoms. The van der Waals surface area contributed by atoms with E-state index in [4.69, 9.17) is 27.9 Å². The fourth-order valence-electron chi connectivity index (χ4n) is 4.21. The lowest BCUT2D eigenvalue weighted by molar-refractivity contribution is -0.137. The SMILES string of the molecule is CC1CCCC(CNc2ccc(Cl)cc2C(=O)Nc2ccc(C(=N)N)cc2)N1CCC(=O)O. The minimum absolute atomic E-state index is 0.0383. The molecule has 176 valence electrons. The molecule has 1 fully saturated rings. The van der Waals surface area contributed by atoms with Gasteiger partial charge in [0.2, 0.25) is 0 Å². The van der Waals surface area contributed by atoms with Gasteiger partial charge >= 0.3 is 5.97 Å². The molecule has 1 heterocycles. The van der Waals surface area contributed by atoms with Crippen molar-refractivity contribution in [1.29, 1.82) is 5.41 Å². The average molecular weight is 472 g/mol. The van der Waals surface area contributed by atoms with Crippen LogP contribution in [0.4, 0.5) is 11.4 Å². The van der Waals surface area contributed by atoms with Gasteiger partial charge in [-0.25, -0.2) is 0 Å². The lowest BCUT2D eigenvalue weighted by Gasteiger charge is -2.40. The third-order valence-corrected chi connectivity index (χ3v) is 6.22. The zero-order valence-electron chi connectivity index (χ0n) is 18.6. The van der Waals surface area contributed by atoms with Gasteiger partial charge in [0.15, 0.2) is 0 Å². The Hall–Kier alpha value is -3.10. The number of amidine groups is 1. The number of nitrogens with zero attached hydrogens (tertiary/aromatic N) is 1. The number of likely N-dealkylation sites (tertiary alicyclic amines) is 1. The second kappa shape index (κ2) is 11.2. The summed E-state index contributed by atoms with van der Waals surface area (Å²) in [5.41, 5.74) is 7.71. The quantitative estimate of drug-likeness (QED) is 0.277. The molecule has 1 amide bonds. The predicted molar refractivity (Wildman–Crippen MR) is 131 cm³/mol. The number of carbonyl (C=O) groups is 2.